The molecule has 0 radical (unpaired) electrons. The molecule has 3 nitrogen and oxygen atoms in total. The molecule has 3 rings (SSSR count). The fourth-order valence-electron chi connectivity index (χ4n) is 2.29. The third-order valence-corrected chi connectivity index (χ3v) is 3.51. The highest BCUT2D eigenvalue weighted by Crippen LogP contribution is 2.16. The minimum absolute atomic E-state index is 0.208. The topological polar surface area (TPSA) is 41.5 Å². The molecule has 1 N–H and O–H groups in total. The van der Waals surface area contributed by atoms with Crippen molar-refractivity contribution < 1.29 is 9.18 Å². The van der Waals surface area contributed by atoms with E-state index in [-0.39, 0.29) is 11.7 Å². The molecule has 0 atom stereocenters. The lowest BCUT2D eigenvalue weighted by Gasteiger charge is -2.00. The van der Waals surface area contributed by atoms with Crippen LogP contribution in [0.2, 0.25) is 0 Å². The second-order valence-electron chi connectivity index (χ2n) is 5.20. The van der Waals surface area contributed by atoms with Gasteiger partial charge in [-0.3, -0.25) is 4.79 Å². The van der Waals surface area contributed by atoms with Gasteiger partial charge in [0, 0.05) is 6.42 Å². The van der Waals surface area contributed by atoms with E-state index in [2.05, 4.69) is 10.3 Å². The number of rotatable bonds is 3. The Bertz CT molecular complexity index is 776. The van der Waals surface area contributed by atoms with Gasteiger partial charge >= 0.3 is 0 Å². The lowest BCUT2D eigenvalue weighted by atomic mass is 10.1. The van der Waals surface area contributed by atoms with Crippen molar-refractivity contribution in [1.29, 1.82) is 0 Å². The first-order chi connectivity index (χ1) is 10.6. The molecule has 0 saturated heterocycles. The molecule has 0 bridgehead atoms. The molecule has 1 heterocycles. The number of nitrogens with zero attached hydrogens (tertiary/aromatic N) is 1. The molecular weight excluding hydrogens is 279 g/mol. The summed E-state index contributed by atoms with van der Waals surface area (Å²) in [7, 11) is 0. The number of aliphatic imine (C=N–C) groups is 1. The predicted octanol–water partition coefficient (Wildman–Crippen LogP) is 3.25. The third-order valence-electron chi connectivity index (χ3n) is 3.51. The molecule has 0 aliphatic carbocycles. The normalized spacial score (nSPS) is 15.8. The van der Waals surface area contributed by atoms with E-state index >= 15 is 0 Å². The molecule has 4 heteroatoms. The first-order valence-corrected chi connectivity index (χ1v) is 7.02. The molecule has 2 aromatic carbocycles. The van der Waals surface area contributed by atoms with Gasteiger partial charge in [-0.2, -0.15) is 0 Å². The third kappa shape index (κ3) is 3.11. The summed E-state index contributed by atoms with van der Waals surface area (Å²) in [5.74, 6) is 0.0955. The van der Waals surface area contributed by atoms with E-state index in [1.54, 1.807) is 18.2 Å². The molecule has 0 spiro atoms. The monoisotopic (exact) mass is 294 g/mol. The molecule has 2 aromatic rings. The van der Waals surface area contributed by atoms with Crippen molar-refractivity contribution in [2.45, 2.75) is 13.3 Å². The Morgan fingerprint density at radius 3 is 2.59 bits per heavy atom. The molecule has 110 valence electrons. The van der Waals surface area contributed by atoms with Crippen molar-refractivity contribution in [2.75, 3.05) is 0 Å². The van der Waals surface area contributed by atoms with Gasteiger partial charge in [0.15, 0.2) is 0 Å². The number of benzene rings is 2. The fraction of sp³-hybridized carbons (Fsp3) is 0.111. The summed E-state index contributed by atoms with van der Waals surface area (Å²) in [5, 5.41) is 2.76. The van der Waals surface area contributed by atoms with Gasteiger partial charge in [-0.1, -0.05) is 36.4 Å². The zero-order valence-corrected chi connectivity index (χ0v) is 12.1. The quantitative estimate of drug-likeness (QED) is 0.867. The Hall–Kier alpha value is -2.75. The highest BCUT2D eigenvalue weighted by atomic mass is 19.1. The number of aryl methyl sites for hydroxylation is 1. The van der Waals surface area contributed by atoms with Crippen LogP contribution in [0.5, 0.6) is 0 Å². The maximum atomic E-state index is 12.9. The van der Waals surface area contributed by atoms with Crippen LogP contribution in [0.25, 0.3) is 6.08 Å². The zero-order chi connectivity index (χ0) is 15.5. The Balaban J connectivity index is 1.82. The van der Waals surface area contributed by atoms with E-state index in [4.69, 9.17) is 0 Å². The van der Waals surface area contributed by atoms with E-state index in [0.717, 1.165) is 16.7 Å². The average molecular weight is 294 g/mol. The van der Waals surface area contributed by atoms with Crippen molar-refractivity contribution in [3.63, 3.8) is 0 Å². The number of hydrogen-bond donors (Lipinski definition) is 1. The number of halogens is 1. The molecule has 1 amide bonds. The van der Waals surface area contributed by atoms with Crippen molar-refractivity contribution in [3.05, 3.63) is 76.7 Å². The summed E-state index contributed by atoms with van der Waals surface area (Å²) in [6.45, 7) is 1.99. The first kappa shape index (κ1) is 14.2. The lowest BCUT2D eigenvalue weighted by Crippen LogP contribution is -2.25. The molecule has 0 saturated carbocycles. The van der Waals surface area contributed by atoms with Gasteiger partial charge in [0.1, 0.15) is 17.3 Å². The molecular formula is C18H15FN2O. The molecule has 22 heavy (non-hydrogen) atoms. The smallest absolute Gasteiger partial charge is 0.275 e. The second kappa shape index (κ2) is 5.93. The summed E-state index contributed by atoms with van der Waals surface area (Å²) >= 11 is 0. The van der Waals surface area contributed by atoms with Crippen molar-refractivity contribution in [3.8, 4) is 0 Å². The molecule has 1 aliphatic rings. The Labute approximate surface area is 128 Å². The number of carbonyl (C=O) groups excluding carboxylic acids is 1. The number of amides is 1. The van der Waals surface area contributed by atoms with E-state index in [1.807, 2.05) is 31.2 Å². The van der Waals surface area contributed by atoms with Gasteiger partial charge in [-0.15, -0.1) is 0 Å². The maximum Gasteiger partial charge on any atom is 0.275 e. The van der Waals surface area contributed by atoms with Gasteiger partial charge in [-0.25, -0.2) is 9.38 Å². The van der Waals surface area contributed by atoms with Gasteiger partial charge in [0.2, 0.25) is 0 Å². The number of nitrogens with one attached hydrogen (secondary N) is 1. The number of carbonyl (C=O) groups is 1. The summed E-state index contributed by atoms with van der Waals surface area (Å²) in [6.07, 6.45) is 2.25. The first-order valence-electron chi connectivity index (χ1n) is 7.02. The molecule has 1 aliphatic heterocycles. The van der Waals surface area contributed by atoms with Gasteiger partial charge in [0.25, 0.3) is 5.91 Å². The second-order valence-corrected chi connectivity index (χ2v) is 5.20. The average Bonchev–Trinajstić information content (AvgIpc) is 2.84. The van der Waals surface area contributed by atoms with Gasteiger partial charge < -0.3 is 5.32 Å². The minimum atomic E-state index is -0.277. The fourth-order valence-corrected chi connectivity index (χ4v) is 2.29. The number of amidine groups is 1. The summed E-state index contributed by atoms with van der Waals surface area (Å²) in [5.41, 5.74) is 3.36. The summed E-state index contributed by atoms with van der Waals surface area (Å²) in [6, 6.07) is 14.0. The van der Waals surface area contributed by atoms with Crippen LogP contribution in [0.4, 0.5) is 4.39 Å². The minimum Gasteiger partial charge on any atom is -0.308 e. The van der Waals surface area contributed by atoms with Crippen LogP contribution in [0.1, 0.15) is 16.7 Å². The van der Waals surface area contributed by atoms with Crippen molar-refractivity contribution >= 4 is 17.8 Å². The molecule has 0 fully saturated rings. The van der Waals surface area contributed by atoms with Crippen LogP contribution in [0.3, 0.4) is 0 Å². The van der Waals surface area contributed by atoms with E-state index < -0.39 is 0 Å². The summed E-state index contributed by atoms with van der Waals surface area (Å²) < 4.78 is 12.9. The van der Waals surface area contributed by atoms with Crippen molar-refractivity contribution in [2.24, 2.45) is 4.99 Å². The highest BCUT2D eigenvalue weighted by Gasteiger charge is 2.20. The summed E-state index contributed by atoms with van der Waals surface area (Å²) in [4.78, 5) is 16.3. The van der Waals surface area contributed by atoms with Gasteiger partial charge in [0.05, 0.1) is 0 Å². The van der Waals surface area contributed by atoms with E-state index in [0.29, 0.717) is 18.0 Å². The van der Waals surface area contributed by atoms with E-state index in [1.165, 1.54) is 12.1 Å². The highest BCUT2D eigenvalue weighted by molar-refractivity contribution is 6.14. The van der Waals surface area contributed by atoms with E-state index in [9.17, 15) is 9.18 Å². The Morgan fingerprint density at radius 2 is 1.86 bits per heavy atom. The Kier molecular flexibility index (Phi) is 3.83. The van der Waals surface area contributed by atoms with Crippen LogP contribution in [-0.2, 0) is 11.2 Å². The SMILES string of the molecule is Cc1ccccc1/C=C1\N=C(Cc2ccc(F)cc2)NC1=O. The van der Waals surface area contributed by atoms with Crippen LogP contribution < -0.4 is 5.32 Å². The van der Waals surface area contributed by atoms with Gasteiger partial charge in [-0.05, 0) is 41.8 Å². The lowest BCUT2D eigenvalue weighted by molar-refractivity contribution is -0.115. The van der Waals surface area contributed by atoms with Crippen LogP contribution in [0, 0.1) is 12.7 Å². The van der Waals surface area contributed by atoms with Crippen molar-refractivity contribution in [1.82, 2.24) is 5.32 Å². The molecule has 0 unspecified atom stereocenters. The number of hydrogen-bond acceptors (Lipinski definition) is 2. The molecule has 0 aromatic heterocycles. The zero-order valence-electron chi connectivity index (χ0n) is 12.1. The standard InChI is InChI=1S/C18H15FN2O/c1-12-4-2-3-5-14(12)11-16-18(22)21-17(20-16)10-13-6-8-15(19)9-7-13/h2-9,11H,10H2,1H3,(H,20,21,22)/b16-11-. The Morgan fingerprint density at radius 1 is 1.14 bits per heavy atom. The van der Waals surface area contributed by atoms with Crippen LogP contribution >= 0.6 is 0 Å². The van der Waals surface area contributed by atoms with Crippen LogP contribution in [0.15, 0.2) is 59.2 Å². The maximum absolute atomic E-state index is 12.9. The van der Waals surface area contributed by atoms with Crippen LogP contribution in [-0.4, -0.2) is 11.7 Å². The predicted molar refractivity (Wildman–Crippen MR) is 84.8 cm³/mol. The largest absolute Gasteiger partial charge is 0.308 e.